The lowest BCUT2D eigenvalue weighted by atomic mass is 9.94. The van der Waals surface area contributed by atoms with E-state index in [0.29, 0.717) is 10.2 Å². The standard InChI is InChI=1S/C45H61NO2S2/c1-6-8-10-12-14-16-18-20-22-35-24-26-37-30-41(43(47-34(3)49)32-39(37)28-35)42-31-38-27-25-36(23-21-19-17-15-13-11-9-7-2)29-40(38)33-44(42)48-45(50)46(4)5/h24-33H,6-23H2,1-5H3. The van der Waals surface area contributed by atoms with Gasteiger partial charge in [0.25, 0.3) is 5.17 Å². The zero-order chi connectivity index (χ0) is 35.7. The van der Waals surface area contributed by atoms with Crippen molar-refractivity contribution < 1.29 is 9.47 Å². The number of thiocarbonyl (C=S) groups is 2. The number of nitrogens with zero attached hydrogens (tertiary/aromatic N) is 1. The highest BCUT2D eigenvalue weighted by Crippen LogP contribution is 2.42. The summed E-state index contributed by atoms with van der Waals surface area (Å²) in [7, 11) is 3.83. The summed E-state index contributed by atoms with van der Waals surface area (Å²) < 4.78 is 12.7. The third-order valence-corrected chi connectivity index (χ3v) is 10.3. The van der Waals surface area contributed by atoms with E-state index in [1.54, 1.807) is 0 Å². The first-order chi connectivity index (χ1) is 24.3. The Hall–Kier alpha value is -3.02. The molecule has 0 bridgehead atoms. The van der Waals surface area contributed by atoms with Crippen LogP contribution in [0.4, 0.5) is 0 Å². The Labute approximate surface area is 314 Å². The molecule has 4 aromatic rings. The molecule has 0 aliphatic carbocycles. The molecule has 0 saturated carbocycles. The third-order valence-electron chi connectivity index (χ3n) is 9.75. The van der Waals surface area contributed by atoms with Gasteiger partial charge in [-0.05, 0) is 107 Å². The van der Waals surface area contributed by atoms with Crippen LogP contribution >= 0.6 is 24.4 Å². The molecule has 3 nitrogen and oxygen atoms in total. The minimum atomic E-state index is 0.417. The van der Waals surface area contributed by atoms with Crippen molar-refractivity contribution in [3.8, 4) is 22.6 Å². The summed E-state index contributed by atoms with van der Waals surface area (Å²) >= 11 is 11.1. The summed E-state index contributed by atoms with van der Waals surface area (Å²) in [6.45, 7) is 6.38. The van der Waals surface area contributed by atoms with Gasteiger partial charge in [0.2, 0.25) is 0 Å². The van der Waals surface area contributed by atoms with Crippen molar-refractivity contribution in [2.75, 3.05) is 14.1 Å². The number of unbranched alkanes of at least 4 members (excludes halogenated alkanes) is 14. The minimum absolute atomic E-state index is 0.417. The van der Waals surface area contributed by atoms with Gasteiger partial charge in [0.15, 0.2) is 5.05 Å². The van der Waals surface area contributed by atoms with Crippen LogP contribution in [0, 0.1) is 0 Å². The average Bonchev–Trinajstić information content (AvgIpc) is 3.09. The molecule has 5 heteroatoms. The van der Waals surface area contributed by atoms with Crippen LogP contribution in [0.1, 0.15) is 135 Å². The van der Waals surface area contributed by atoms with Crippen LogP contribution in [0.3, 0.4) is 0 Å². The second kappa shape index (κ2) is 21.4. The number of aryl methyl sites for hydroxylation is 2. The van der Waals surface area contributed by atoms with Gasteiger partial charge in [0, 0.05) is 32.1 Å². The minimum Gasteiger partial charge on any atom is -0.450 e. The molecular weight excluding hydrogens is 651 g/mol. The van der Waals surface area contributed by atoms with Gasteiger partial charge in [-0.15, -0.1) is 0 Å². The Balaban J connectivity index is 1.58. The van der Waals surface area contributed by atoms with Crippen LogP contribution in [0.2, 0.25) is 0 Å². The molecule has 0 saturated heterocycles. The first kappa shape index (κ1) is 39.8. The summed E-state index contributed by atoms with van der Waals surface area (Å²) in [6, 6.07) is 22.4. The van der Waals surface area contributed by atoms with Crippen molar-refractivity contribution in [3.63, 3.8) is 0 Å². The maximum absolute atomic E-state index is 6.41. The SMILES string of the molecule is CCCCCCCCCCc1ccc2cc(-c3cc4ccc(CCCCCCCCCC)cc4cc3OC(=S)N(C)C)c(OC(C)=S)cc2c1. The van der Waals surface area contributed by atoms with Crippen molar-refractivity contribution in [2.45, 2.75) is 136 Å². The van der Waals surface area contributed by atoms with E-state index in [0.717, 1.165) is 57.0 Å². The zero-order valence-electron chi connectivity index (χ0n) is 31.6. The summed E-state index contributed by atoms with van der Waals surface area (Å²) in [5.74, 6) is 1.46. The van der Waals surface area contributed by atoms with Gasteiger partial charge in [0.1, 0.15) is 11.5 Å². The van der Waals surface area contributed by atoms with E-state index in [4.69, 9.17) is 33.9 Å². The molecule has 0 N–H and O–H groups in total. The van der Waals surface area contributed by atoms with Crippen molar-refractivity contribution in [3.05, 3.63) is 71.8 Å². The topological polar surface area (TPSA) is 21.7 Å². The number of hydrogen-bond acceptors (Lipinski definition) is 4. The number of fused-ring (bicyclic) bond motifs is 2. The van der Waals surface area contributed by atoms with Crippen molar-refractivity contribution in [1.82, 2.24) is 4.90 Å². The number of hydrogen-bond donors (Lipinski definition) is 0. The van der Waals surface area contributed by atoms with Crippen molar-refractivity contribution in [1.29, 1.82) is 0 Å². The average molecular weight is 712 g/mol. The summed E-state index contributed by atoms with van der Waals surface area (Å²) in [5.41, 5.74) is 4.62. The molecule has 50 heavy (non-hydrogen) atoms. The highest BCUT2D eigenvalue weighted by Gasteiger charge is 2.18. The van der Waals surface area contributed by atoms with Crippen molar-refractivity contribution in [2.24, 2.45) is 0 Å². The van der Waals surface area contributed by atoms with E-state index in [-0.39, 0.29) is 0 Å². The van der Waals surface area contributed by atoms with Gasteiger partial charge in [-0.1, -0.05) is 140 Å². The second-order valence-corrected chi connectivity index (χ2v) is 15.3. The Morgan fingerprint density at radius 2 is 0.900 bits per heavy atom. The van der Waals surface area contributed by atoms with Gasteiger partial charge in [0.05, 0.1) is 0 Å². The number of benzene rings is 4. The van der Waals surface area contributed by atoms with E-state index in [2.05, 4.69) is 74.5 Å². The molecular formula is C45H61NO2S2. The first-order valence-electron chi connectivity index (χ1n) is 19.5. The second-order valence-electron chi connectivity index (χ2n) is 14.4. The third kappa shape index (κ3) is 12.6. The van der Waals surface area contributed by atoms with E-state index in [9.17, 15) is 0 Å². The molecule has 0 aromatic heterocycles. The molecule has 0 spiro atoms. The monoisotopic (exact) mass is 711 g/mol. The lowest BCUT2D eigenvalue weighted by Crippen LogP contribution is -2.25. The number of rotatable bonds is 21. The van der Waals surface area contributed by atoms with Crippen LogP contribution in [0.25, 0.3) is 32.7 Å². The maximum Gasteiger partial charge on any atom is 0.264 e. The molecule has 0 amide bonds. The van der Waals surface area contributed by atoms with E-state index in [1.165, 1.54) is 114 Å². The Bertz CT molecular complexity index is 1680. The van der Waals surface area contributed by atoms with Crippen LogP contribution in [0.5, 0.6) is 11.5 Å². The van der Waals surface area contributed by atoms with Crippen LogP contribution in [-0.4, -0.2) is 29.2 Å². The fraction of sp³-hybridized carbons (Fsp3) is 0.511. The van der Waals surface area contributed by atoms with E-state index < -0.39 is 0 Å². The maximum atomic E-state index is 6.41. The lowest BCUT2D eigenvalue weighted by Gasteiger charge is -2.20. The lowest BCUT2D eigenvalue weighted by molar-refractivity contribution is 0.450. The molecule has 0 unspecified atom stereocenters. The fourth-order valence-electron chi connectivity index (χ4n) is 6.82. The molecule has 0 atom stereocenters. The molecule has 4 rings (SSSR count). The summed E-state index contributed by atoms with van der Waals surface area (Å²) in [4.78, 5) is 1.83. The predicted molar refractivity (Wildman–Crippen MR) is 225 cm³/mol. The first-order valence-corrected chi connectivity index (χ1v) is 20.3. The van der Waals surface area contributed by atoms with Gasteiger partial charge in [-0.2, -0.15) is 0 Å². The highest BCUT2D eigenvalue weighted by molar-refractivity contribution is 7.80. The largest absolute Gasteiger partial charge is 0.450 e. The summed E-state index contributed by atoms with van der Waals surface area (Å²) in [6.07, 6.45) is 23.5. The van der Waals surface area contributed by atoms with E-state index >= 15 is 0 Å². The Morgan fingerprint density at radius 1 is 0.500 bits per heavy atom. The molecule has 0 radical (unpaired) electrons. The summed E-state index contributed by atoms with van der Waals surface area (Å²) in [5, 5.41) is 5.54. The normalized spacial score (nSPS) is 11.3. The number of ether oxygens (including phenoxy) is 2. The quantitative estimate of drug-likeness (QED) is 0.0632. The zero-order valence-corrected chi connectivity index (χ0v) is 33.2. The van der Waals surface area contributed by atoms with Gasteiger partial charge in [-0.3, -0.25) is 0 Å². The Morgan fingerprint density at radius 3 is 1.30 bits per heavy atom. The molecule has 270 valence electrons. The van der Waals surface area contributed by atoms with Crippen LogP contribution < -0.4 is 9.47 Å². The van der Waals surface area contributed by atoms with E-state index in [1.807, 2.05) is 25.9 Å². The van der Waals surface area contributed by atoms with Crippen LogP contribution in [-0.2, 0) is 12.8 Å². The van der Waals surface area contributed by atoms with Crippen molar-refractivity contribution >= 4 is 56.2 Å². The molecule has 0 heterocycles. The van der Waals surface area contributed by atoms with Crippen LogP contribution in [0.15, 0.2) is 60.7 Å². The molecule has 0 fully saturated rings. The smallest absolute Gasteiger partial charge is 0.264 e. The van der Waals surface area contributed by atoms with Gasteiger partial charge < -0.3 is 14.4 Å². The molecule has 0 aliphatic rings. The predicted octanol–water partition coefficient (Wildman–Crippen LogP) is 14.0. The molecule has 4 aromatic carbocycles. The van der Waals surface area contributed by atoms with Gasteiger partial charge in [-0.25, -0.2) is 0 Å². The molecule has 0 aliphatic heterocycles. The Kier molecular flexibility index (Phi) is 17.0. The van der Waals surface area contributed by atoms with Gasteiger partial charge >= 0.3 is 0 Å². The highest BCUT2D eigenvalue weighted by atomic mass is 32.1. The fourth-order valence-corrected chi connectivity index (χ4v) is 7.00.